The van der Waals surface area contributed by atoms with Gasteiger partial charge in [-0.15, -0.1) is 0 Å². The molecule has 2 bridgehead atoms. The van der Waals surface area contributed by atoms with Gasteiger partial charge >= 0.3 is 0 Å². The molecule has 0 radical (unpaired) electrons. The number of halogens is 2. The fourth-order valence-electron chi connectivity index (χ4n) is 2.90. The van der Waals surface area contributed by atoms with Gasteiger partial charge in [-0.3, -0.25) is 9.80 Å². The number of benzene rings is 1. The molecule has 0 aromatic heterocycles. The van der Waals surface area contributed by atoms with E-state index in [1.807, 2.05) is 0 Å². The first-order chi connectivity index (χ1) is 9.95. The fraction of sp³-hybridized carbons (Fsp3) is 0.538. The third kappa shape index (κ3) is 3.08. The Morgan fingerprint density at radius 1 is 1.19 bits per heavy atom. The van der Waals surface area contributed by atoms with Crippen LogP contribution in [-0.2, 0) is 10.0 Å². The van der Waals surface area contributed by atoms with E-state index < -0.39 is 26.6 Å². The van der Waals surface area contributed by atoms with Crippen molar-refractivity contribution in [1.82, 2.24) is 14.5 Å². The molecule has 8 heteroatoms. The number of rotatable bonds is 4. The van der Waals surface area contributed by atoms with Crippen molar-refractivity contribution in [2.24, 2.45) is 0 Å². The summed E-state index contributed by atoms with van der Waals surface area (Å²) in [5, 5.41) is 0. The molecule has 1 N–H and O–H groups in total. The number of hydrogen-bond donors (Lipinski definition) is 1. The van der Waals surface area contributed by atoms with Crippen LogP contribution in [-0.4, -0.2) is 63.5 Å². The lowest BCUT2D eigenvalue weighted by molar-refractivity contribution is 0.0158. The van der Waals surface area contributed by atoms with E-state index in [0.717, 1.165) is 44.9 Å². The molecule has 4 rings (SSSR count). The molecule has 1 unspecified atom stereocenters. The Bertz CT molecular complexity index is 630. The van der Waals surface area contributed by atoms with E-state index in [-0.39, 0.29) is 12.6 Å². The smallest absolute Gasteiger partial charge is 0.243 e. The minimum absolute atomic E-state index is 0.103. The molecule has 0 amide bonds. The highest BCUT2D eigenvalue weighted by atomic mass is 32.2. The Morgan fingerprint density at radius 3 is 2.48 bits per heavy atom. The van der Waals surface area contributed by atoms with E-state index in [2.05, 4.69) is 14.5 Å². The first kappa shape index (κ1) is 14.8. The largest absolute Gasteiger partial charge is 0.299 e. The van der Waals surface area contributed by atoms with Gasteiger partial charge in [-0.25, -0.2) is 21.9 Å². The van der Waals surface area contributed by atoms with Crippen LogP contribution in [0.15, 0.2) is 23.1 Å². The van der Waals surface area contributed by atoms with Crippen molar-refractivity contribution in [3.8, 4) is 0 Å². The van der Waals surface area contributed by atoms with E-state index in [9.17, 15) is 17.2 Å². The highest BCUT2D eigenvalue weighted by Crippen LogP contribution is 2.18. The maximum atomic E-state index is 13.6. The van der Waals surface area contributed by atoms with Crippen molar-refractivity contribution in [1.29, 1.82) is 0 Å². The van der Waals surface area contributed by atoms with Crippen LogP contribution in [0.2, 0.25) is 0 Å². The molecule has 21 heavy (non-hydrogen) atoms. The summed E-state index contributed by atoms with van der Waals surface area (Å²) in [7, 11) is -3.96. The molecule has 116 valence electrons. The van der Waals surface area contributed by atoms with Crippen LogP contribution < -0.4 is 4.72 Å². The Labute approximate surface area is 122 Å². The van der Waals surface area contributed by atoms with Gasteiger partial charge in [-0.2, -0.15) is 0 Å². The number of fused-ring (bicyclic) bond motifs is 3. The molecule has 1 aromatic carbocycles. The van der Waals surface area contributed by atoms with Gasteiger partial charge in [-0.05, 0) is 12.1 Å². The molecular formula is C13H17F2N3O2S. The average molecular weight is 317 g/mol. The Morgan fingerprint density at radius 2 is 1.90 bits per heavy atom. The Kier molecular flexibility index (Phi) is 3.96. The topological polar surface area (TPSA) is 52.7 Å². The number of hydrogen-bond acceptors (Lipinski definition) is 4. The number of piperazine rings is 3. The van der Waals surface area contributed by atoms with Crippen LogP contribution in [0, 0.1) is 11.6 Å². The van der Waals surface area contributed by atoms with Gasteiger partial charge in [0.2, 0.25) is 10.0 Å². The van der Waals surface area contributed by atoms with Crippen LogP contribution in [0.5, 0.6) is 0 Å². The molecule has 3 aliphatic rings. The molecule has 0 saturated carbocycles. The first-order valence-corrected chi connectivity index (χ1v) is 8.35. The van der Waals surface area contributed by atoms with Crippen LogP contribution in [0.25, 0.3) is 0 Å². The zero-order valence-corrected chi connectivity index (χ0v) is 12.2. The monoisotopic (exact) mass is 317 g/mol. The van der Waals surface area contributed by atoms with Gasteiger partial charge in [0.25, 0.3) is 0 Å². The predicted octanol–water partition coefficient (Wildman–Crippen LogP) is 0.243. The standard InChI is InChI=1S/C13H17F2N3O2S/c14-10-1-2-13(12(15)7-10)21(19,20)16-8-11-9-17-3-5-18(11)6-4-17/h1-2,7,11,16H,3-6,8-9H2. The molecule has 0 aliphatic carbocycles. The summed E-state index contributed by atoms with van der Waals surface area (Å²) in [6.45, 7) is 4.92. The summed E-state index contributed by atoms with van der Waals surface area (Å²) in [5.74, 6) is -1.87. The van der Waals surface area contributed by atoms with Crippen LogP contribution in [0.4, 0.5) is 8.78 Å². The number of nitrogens with one attached hydrogen (secondary N) is 1. The van der Waals surface area contributed by atoms with E-state index in [0.29, 0.717) is 6.07 Å². The second-order valence-electron chi connectivity index (χ2n) is 5.42. The van der Waals surface area contributed by atoms with Gasteiger partial charge < -0.3 is 0 Å². The van der Waals surface area contributed by atoms with Crippen LogP contribution >= 0.6 is 0 Å². The molecule has 3 fully saturated rings. The zero-order chi connectivity index (χ0) is 15.0. The second kappa shape index (κ2) is 5.60. The Hall–Kier alpha value is -1.09. The summed E-state index contributed by atoms with van der Waals surface area (Å²) in [6, 6.07) is 2.57. The fourth-order valence-corrected chi connectivity index (χ4v) is 4.03. The molecule has 3 aliphatic heterocycles. The van der Waals surface area contributed by atoms with Crippen molar-refractivity contribution < 1.29 is 17.2 Å². The van der Waals surface area contributed by atoms with Gasteiger partial charge in [-0.1, -0.05) is 0 Å². The van der Waals surface area contributed by atoms with Gasteiger partial charge in [0.15, 0.2) is 0 Å². The zero-order valence-electron chi connectivity index (χ0n) is 11.4. The molecule has 1 aromatic rings. The Balaban J connectivity index is 1.69. The summed E-state index contributed by atoms with van der Waals surface area (Å²) in [6.07, 6.45) is 0. The summed E-state index contributed by atoms with van der Waals surface area (Å²) >= 11 is 0. The first-order valence-electron chi connectivity index (χ1n) is 6.87. The average Bonchev–Trinajstić information content (AvgIpc) is 2.46. The number of nitrogens with zero attached hydrogens (tertiary/aromatic N) is 2. The molecule has 3 saturated heterocycles. The van der Waals surface area contributed by atoms with Crippen molar-refractivity contribution >= 4 is 10.0 Å². The molecule has 3 heterocycles. The molecule has 5 nitrogen and oxygen atoms in total. The number of sulfonamides is 1. The molecular weight excluding hydrogens is 300 g/mol. The summed E-state index contributed by atoms with van der Waals surface area (Å²) < 4.78 is 53.1. The lowest BCUT2D eigenvalue weighted by Gasteiger charge is -2.47. The SMILES string of the molecule is O=S(=O)(NCC1CN2CCN1CC2)c1ccc(F)cc1F. The van der Waals surface area contributed by atoms with Gasteiger partial charge in [0, 0.05) is 51.4 Å². The second-order valence-corrected chi connectivity index (χ2v) is 7.15. The maximum Gasteiger partial charge on any atom is 0.243 e. The van der Waals surface area contributed by atoms with Crippen molar-refractivity contribution in [2.75, 3.05) is 39.3 Å². The highest BCUT2D eigenvalue weighted by molar-refractivity contribution is 7.89. The lowest BCUT2D eigenvalue weighted by atomic mass is 10.1. The highest BCUT2D eigenvalue weighted by Gasteiger charge is 2.32. The van der Waals surface area contributed by atoms with Crippen LogP contribution in [0.1, 0.15) is 0 Å². The molecule has 0 spiro atoms. The summed E-state index contributed by atoms with van der Waals surface area (Å²) in [5.41, 5.74) is 0. The normalized spacial score (nSPS) is 28.8. The van der Waals surface area contributed by atoms with E-state index >= 15 is 0 Å². The third-order valence-electron chi connectivity index (χ3n) is 4.08. The van der Waals surface area contributed by atoms with Crippen molar-refractivity contribution in [3.63, 3.8) is 0 Å². The third-order valence-corrected chi connectivity index (χ3v) is 5.54. The van der Waals surface area contributed by atoms with E-state index in [1.165, 1.54) is 0 Å². The quantitative estimate of drug-likeness (QED) is 0.864. The lowest BCUT2D eigenvalue weighted by Crippen LogP contribution is -2.63. The summed E-state index contributed by atoms with van der Waals surface area (Å²) in [4.78, 5) is 4.02. The van der Waals surface area contributed by atoms with E-state index in [4.69, 9.17) is 0 Å². The van der Waals surface area contributed by atoms with Crippen molar-refractivity contribution in [2.45, 2.75) is 10.9 Å². The van der Waals surface area contributed by atoms with Gasteiger partial charge in [0.05, 0.1) is 0 Å². The molecule has 1 atom stereocenters. The minimum atomic E-state index is -3.96. The van der Waals surface area contributed by atoms with Crippen molar-refractivity contribution in [3.05, 3.63) is 29.8 Å². The van der Waals surface area contributed by atoms with Gasteiger partial charge in [0.1, 0.15) is 16.5 Å². The maximum absolute atomic E-state index is 13.6. The van der Waals surface area contributed by atoms with Crippen LogP contribution in [0.3, 0.4) is 0 Å². The van der Waals surface area contributed by atoms with E-state index in [1.54, 1.807) is 0 Å². The predicted molar refractivity (Wildman–Crippen MR) is 73.3 cm³/mol. The minimum Gasteiger partial charge on any atom is -0.299 e.